The van der Waals surface area contributed by atoms with Gasteiger partial charge >= 0.3 is 5.97 Å². The summed E-state index contributed by atoms with van der Waals surface area (Å²) in [5, 5.41) is 2.68. The summed E-state index contributed by atoms with van der Waals surface area (Å²) < 4.78 is 4.81. The smallest absolute Gasteiger partial charge is 0.331 e. The van der Waals surface area contributed by atoms with Crippen LogP contribution in [0.3, 0.4) is 0 Å². The van der Waals surface area contributed by atoms with Gasteiger partial charge in [0.05, 0.1) is 0 Å². The second-order valence-corrected chi connectivity index (χ2v) is 4.82. The molecular formula is C17H21NO3. The number of amides is 1. The summed E-state index contributed by atoms with van der Waals surface area (Å²) in [4.78, 5) is 22.9. The quantitative estimate of drug-likeness (QED) is 0.495. The second kappa shape index (κ2) is 8.74. The van der Waals surface area contributed by atoms with Crippen LogP contribution in [0.4, 0.5) is 5.69 Å². The number of allylic oxidation sites excluding steroid dienone is 3. The molecule has 1 N–H and O–H groups in total. The van der Waals surface area contributed by atoms with E-state index in [2.05, 4.69) is 19.2 Å². The Hall–Kier alpha value is -2.36. The highest BCUT2D eigenvalue weighted by Crippen LogP contribution is 2.16. The van der Waals surface area contributed by atoms with Crippen LogP contribution in [0, 0.1) is 0 Å². The monoisotopic (exact) mass is 287 g/mol. The molecule has 0 bridgehead atoms. The molecule has 0 saturated carbocycles. The van der Waals surface area contributed by atoms with E-state index in [0.717, 1.165) is 0 Å². The zero-order valence-electron chi connectivity index (χ0n) is 12.6. The van der Waals surface area contributed by atoms with Crippen LogP contribution >= 0.6 is 0 Å². The number of rotatable bonds is 6. The Morgan fingerprint density at radius 2 is 1.86 bits per heavy atom. The Labute approximate surface area is 125 Å². The van der Waals surface area contributed by atoms with Crippen LogP contribution in [-0.2, 0) is 14.3 Å². The molecule has 112 valence electrons. The lowest BCUT2D eigenvalue weighted by molar-refractivity contribution is -0.142. The van der Waals surface area contributed by atoms with Gasteiger partial charge < -0.3 is 10.1 Å². The van der Waals surface area contributed by atoms with Crippen LogP contribution in [0.15, 0.2) is 48.6 Å². The highest BCUT2D eigenvalue weighted by atomic mass is 16.5. The lowest BCUT2D eigenvalue weighted by Crippen LogP contribution is -2.20. The van der Waals surface area contributed by atoms with Gasteiger partial charge in [-0.25, -0.2) is 4.79 Å². The fraction of sp³-hybridized carbons (Fsp3) is 0.294. The first-order chi connectivity index (χ1) is 10.0. The lowest BCUT2D eigenvalue weighted by atomic mass is 10.0. The Kier molecular flexibility index (Phi) is 6.95. The van der Waals surface area contributed by atoms with Crippen molar-refractivity contribution in [2.75, 3.05) is 11.9 Å². The third kappa shape index (κ3) is 6.56. The number of esters is 1. The van der Waals surface area contributed by atoms with Crippen LogP contribution in [0.2, 0.25) is 0 Å². The molecule has 0 heterocycles. The molecule has 1 rings (SSSR count). The maximum absolute atomic E-state index is 11.6. The second-order valence-electron chi connectivity index (χ2n) is 4.82. The molecule has 0 unspecified atom stereocenters. The van der Waals surface area contributed by atoms with Crippen molar-refractivity contribution in [3.05, 3.63) is 54.1 Å². The zero-order chi connectivity index (χ0) is 15.7. The molecule has 0 saturated heterocycles. The van der Waals surface area contributed by atoms with Gasteiger partial charge in [-0.15, -0.1) is 0 Å². The standard InChI is InChI=1S/C17H21NO3/c1-4-5-6-7-17(20)21-12-16(19)18-15-10-8-14(9-11-15)13(2)3/h4-11,13H,12H2,1-3H3,(H,18,19)/b5-4+,7-6+. The molecule has 0 spiro atoms. The number of nitrogens with one attached hydrogen (secondary N) is 1. The third-order valence-corrected chi connectivity index (χ3v) is 2.74. The maximum Gasteiger partial charge on any atom is 0.331 e. The summed E-state index contributed by atoms with van der Waals surface area (Å²) in [5.41, 5.74) is 1.89. The van der Waals surface area contributed by atoms with E-state index in [1.54, 1.807) is 18.2 Å². The predicted molar refractivity (Wildman–Crippen MR) is 84.1 cm³/mol. The van der Waals surface area contributed by atoms with E-state index in [1.807, 2.05) is 31.2 Å². The number of anilines is 1. The van der Waals surface area contributed by atoms with Crippen molar-refractivity contribution in [1.82, 2.24) is 0 Å². The summed E-state index contributed by atoms with van der Waals surface area (Å²) in [6, 6.07) is 7.60. The molecule has 0 aliphatic rings. The number of hydrogen-bond donors (Lipinski definition) is 1. The van der Waals surface area contributed by atoms with Gasteiger partial charge in [-0.3, -0.25) is 4.79 Å². The number of benzene rings is 1. The van der Waals surface area contributed by atoms with Crippen LogP contribution in [0.25, 0.3) is 0 Å². The molecule has 0 aliphatic carbocycles. The summed E-state index contributed by atoms with van der Waals surface area (Å²) >= 11 is 0. The summed E-state index contributed by atoms with van der Waals surface area (Å²) in [5.74, 6) is -0.460. The Bertz CT molecular complexity index is 527. The van der Waals surface area contributed by atoms with Gasteiger partial charge in [-0.05, 0) is 30.5 Å². The van der Waals surface area contributed by atoms with Crippen LogP contribution in [0.1, 0.15) is 32.3 Å². The number of carbonyl (C=O) groups excluding carboxylic acids is 2. The summed E-state index contributed by atoms with van der Waals surface area (Å²) in [6.45, 7) is 5.75. The fourth-order valence-corrected chi connectivity index (χ4v) is 1.58. The molecule has 0 aromatic heterocycles. The molecule has 21 heavy (non-hydrogen) atoms. The van der Waals surface area contributed by atoms with Crippen LogP contribution < -0.4 is 5.32 Å². The van der Waals surface area contributed by atoms with E-state index in [-0.39, 0.29) is 12.5 Å². The van der Waals surface area contributed by atoms with Crippen molar-refractivity contribution in [1.29, 1.82) is 0 Å². The fourth-order valence-electron chi connectivity index (χ4n) is 1.58. The van der Waals surface area contributed by atoms with Crippen molar-refractivity contribution in [3.63, 3.8) is 0 Å². The SMILES string of the molecule is C/C=C/C=C/C(=O)OCC(=O)Nc1ccc(C(C)C)cc1. The van der Waals surface area contributed by atoms with Crippen LogP contribution in [0.5, 0.6) is 0 Å². The van der Waals surface area contributed by atoms with Gasteiger partial charge in [0, 0.05) is 11.8 Å². The molecule has 1 aromatic carbocycles. The average molecular weight is 287 g/mol. The maximum atomic E-state index is 11.6. The van der Waals surface area contributed by atoms with Crippen molar-refractivity contribution in [3.8, 4) is 0 Å². The number of carbonyl (C=O) groups is 2. The first-order valence-corrected chi connectivity index (χ1v) is 6.89. The normalized spacial score (nSPS) is 11.2. The molecular weight excluding hydrogens is 266 g/mol. The zero-order valence-corrected chi connectivity index (χ0v) is 12.6. The average Bonchev–Trinajstić information content (AvgIpc) is 2.46. The predicted octanol–water partition coefficient (Wildman–Crippen LogP) is 3.42. The largest absolute Gasteiger partial charge is 0.452 e. The summed E-state index contributed by atoms with van der Waals surface area (Å²) in [6.07, 6.45) is 6.32. The molecule has 0 radical (unpaired) electrons. The molecule has 1 aromatic rings. The van der Waals surface area contributed by atoms with Crippen molar-refractivity contribution in [2.45, 2.75) is 26.7 Å². The van der Waals surface area contributed by atoms with E-state index in [0.29, 0.717) is 11.6 Å². The molecule has 0 atom stereocenters. The molecule has 1 amide bonds. The lowest BCUT2D eigenvalue weighted by Gasteiger charge is -2.08. The van der Waals surface area contributed by atoms with E-state index in [9.17, 15) is 9.59 Å². The third-order valence-electron chi connectivity index (χ3n) is 2.74. The Balaban J connectivity index is 2.41. The minimum Gasteiger partial charge on any atom is -0.452 e. The minimum atomic E-state index is -0.543. The van der Waals surface area contributed by atoms with Gasteiger partial charge in [0.1, 0.15) is 0 Å². The van der Waals surface area contributed by atoms with Crippen LogP contribution in [-0.4, -0.2) is 18.5 Å². The van der Waals surface area contributed by atoms with E-state index in [4.69, 9.17) is 4.74 Å². The van der Waals surface area contributed by atoms with Gasteiger partial charge in [-0.2, -0.15) is 0 Å². The van der Waals surface area contributed by atoms with E-state index < -0.39 is 5.97 Å². The van der Waals surface area contributed by atoms with Gasteiger partial charge in [-0.1, -0.05) is 44.2 Å². The Morgan fingerprint density at radius 3 is 2.43 bits per heavy atom. The first kappa shape index (κ1) is 16.7. The topological polar surface area (TPSA) is 55.4 Å². The van der Waals surface area contributed by atoms with Gasteiger partial charge in [0.2, 0.25) is 0 Å². The number of hydrogen-bond acceptors (Lipinski definition) is 3. The highest BCUT2D eigenvalue weighted by molar-refractivity contribution is 5.93. The van der Waals surface area contributed by atoms with Crippen molar-refractivity contribution in [2.24, 2.45) is 0 Å². The van der Waals surface area contributed by atoms with Gasteiger partial charge in [0.15, 0.2) is 6.61 Å². The van der Waals surface area contributed by atoms with Gasteiger partial charge in [0.25, 0.3) is 5.91 Å². The minimum absolute atomic E-state index is 0.301. The molecule has 4 heteroatoms. The highest BCUT2D eigenvalue weighted by Gasteiger charge is 2.06. The first-order valence-electron chi connectivity index (χ1n) is 6.89. The molecule has 0 fully saturated rings. The molecule has 4 nitrogen and oxygen atoms in total. The van der Waals surface area contributed by atoms with E-state index >= 15 is 0 Å². The summed E-state index contributed by atoms with van der Waals surface area (Å²) in [7, 11) is 0. The van der Waals surface area contributed by atoms with Crippen molar-refractivity contribution >= 4 is 17.6 Å². The Morgan fingerprint density at radius 1 is 1.19 bits per heavy atom. The number of ether oxygens (including phenoxy) is 1. The van der Waals surface area contributed by atoms with E-state index in [1.165, 1.54) is 11.6 Å². The molecule has 0 aliphatic heterocycles. The van der Waals surface area contributed by atoms with Crippen molar-refractivity contribution < 1.29 is 14.3 Å².